The first-order valence-electron chi connectivity index (χ1n) is 12.8. The van der Waals surface area contributed by atoms with Gasteiger partial charge in [0.15, 0.2) is 0 Å². The highest BCUT2D eigenvalue weighted by atomic mass is 35.9. The zero-order valence-electron chi connectivity index (χ0n) is 24.2. The van der Waals surface area contributed by atoms with Gasteiger partial charge in [0.05, 0.1) is 8.07 Å². The first-order chi connectivity index (χ1) is 15.3. The molecular weight excluding hydrogens is 561 g/mol. The van der Waals surface area contributed by atoms with Gasteiger partial charge in [-0.25, -0.2) is 9.34 Å². The third kappa shape index (κ3) is 28.3. The second kappa shape index (κ2) is 20.6. The van der Waals surface area contributed by atoms with Crippen molar-refractivity contribution in [1.82, 2.24) is 9.34 Å². The predicted molar refractivity (Wildman–Crippen MR) is 169 cm³/mol. The summed E-state index contributed by atoms with van der Waals surface area (Å²) in [6.45, 7) is 25.0. The number of nitrogens with zero attached hydrogens (tertiary/aromatic N) is 2. The second-order valence-electron chi connectivity index (χ2n) is 11.5. The van der Waals surface area contributed by atoms with E-state index in [0.29, 0.717) is 0 Å². The number of halogens is 3. The fourth-order valence-electron chi connectivity index (χ4n) is 3.60. The monoisotopic (exact) mass is 616 g/mol. The summed E-state index contributed by atoms with van der Waals surface area (Å²) < 4.78 is 26.8. The molecule has 0 spiro atoms. The third-order valence-electron chi connectivity index (χ3n) is 5.18. The largest absolute Gasteiger partial charge is 0.290 e. The average molecular weight is 618 g/mol. The van der Waals surface area contributed by atoms with Gasteiger partial charge in [-0.15, -0.1) is 11.6 Å². The molecule has 0 N–H and O–H groups in total. The van der Waals surface area contributed by atoms with Gasteiger partial charge in [-0.2, -0.15) is 0 Å². The van der Waals surface area contributed by atoms with Crippen LogP contribution in [0.2, 0.25) is 45.3 Å². The summed E-state index contributed by atoms with van der Waals surface area (Å²) in [5.41, 5.74) is 0. The van der Waals surface area contributed by atoms with Crippen molar-refractivity contribution in [3.05, 3.63) is 0 Å². The molecule has 1 atom stereocenters. The topological polar surface area (TPSA) is 40.6 Å². The van der Waals surface area contributed by atoms with Crippen molar-refractivity contribution < 1.29 is 9.13 Å². The Labute approximate surface area is 230 Å². The van der Waals surface area contributed by atoms with Gasteiger partial charge in [0.25, 0.3) is 0 Å². The van der Waals surface area contributed by atoms with E-state index in [0.717, 1.165) is 32.2 Å². The van der Waals surface area contributed by atoms with E-state index < -0.39 is 29.4 Å². The maximum absolute atomic E-state index is 12.7. The second-order valence-corrected chi connectivity index (χ2v) is 31.2. The van der Waals surface area contributed by atoms with Crippen molar-refractivity contribution >= 4 is 63.5 Å². The summed E-state index contributed by atoms with van der Waals surface area (Å²) in [5.74, 6) is -2.69. The molecule has 1 saturated heterocycles. The van der Waals surface area contributed by atoms with Crippen LogP contribution >= 0.6 is 47.4 Å². The molecular formula is C23H57Cl3N2O2P2Si2. The summed E-state index contributed by atoms with van der Waals surface area (Å²) in [5, 5.41) is 0. The molecule has 1 aliphatic rings. The van der Waals surface area contributed by atoms with Gasteiger partial charge in [0.1, 0.15) is 0 Å². The Bertz CT molecular complexity index is 575. The van der Waals surface area contributed by atoms with E-state index in [1.54, 1.807) is 0 Å². The highest BCUT2D eigenvalue weighted by Crippen LogP contribution is 2.52. The van der Waals surface area contributed by atoms with E-state index in [2.05, 4.69) is 74.1 Å². The van der Waals surface area contributed by atoms with Crippen molar-refractivity contribution in [3.63, 3.8) is 0 Å². The molecule has 34 heavy (non-hydrogen) atoms. The molecule has 0 amide bonds. The predicted octanol–water partition coefficient (Wildman–Crippen LogP) is 10.5. The van der Waals surface area contributed by atoms with Gasteiger partial charge in [-0.3, -0.25) is 9.13 Å². The first kappa shape index (κ1) is 40.2. The summed E-state index contributed by atoms with van der Waals surface area (Å²) in [4.78, 5) is 0. The molecule has 1 heterocycles. The zero-order chi connectivity index (χ0) is 27.6. The summed E-state index contributed by atoms with van der Waals surface area (Å²) >= 11 is 14.3. The average Bonchev–Trinajstić information content (AvgIpc) is 2.65. The first-order valence-corrected chi connectivity index (χ1v) is 27.0. The zero-order valence-corrected chi connectivity index (χ0v) is 30.3. The van der Waals surface area contributed by atoms with Crippen LogP contribution < -0.4 is 0 Å². The molecule has 0 aromatic carbocycles. The Balaban J connectivity index is -0.000000452. The highest BCUT2D eigenvalue weighted by Gasteiger charge is 2.36. The van der Waals surface area contributed by atoms with Crippen LogP contribution in [0.15, 0.2) is 0 Å². The van der Waals surface area contributed by atoms with Gasteiger partial charge in [-0.05, 0) is 35.1 Å². The number of rotatable bonds is 10. The quantitative estimate of drug-likeness (QED) is 0.106. The Hall–Kier alpha value is 1.68. The SMILES string of the molecule is CCCCCCCC[Si](C)(C)C.CCN1CCCN(C[Si](C)(C)C)P1(C)=O.CCl.CP(=O)(Cl)Cl. The van der Waals surface area contributed by atoms with E-state index in [1.807, 2.05) is 6.66 Å². The molecule has 1 fully saturated rings. The van der Waals surface area contributed by atoms with E-state index in [1.165, 1.54) is 57.6 Å². The molecule has 4 nitrogen and oxygen atoms in total. The van der Waals surface area contributed by atoms with Crippen molar-refractivity contribution in [2.24, 2.45) is 0 Å². The molecule has 0 radical (unpaired) electrons. The molecule has 210 valence electrons. The maximum atomic E-state index is 12.7. The summed E-state index contributed by atoms with van der Waals surface area (Å²) in [6.07, 6.45) is 12.4. The van der Waals surface area contributed by atoms with E-state index in [9.17, 15) is 9.13 Å². The minimum Gasteiger partial charge on any atom is -0.290 e. The number of unbranched alkanes of at least 4 members (excludes halogenated alkanes) is 5. The molecule has 0 aliphatic carbocycles. The highest BCUT2D eigenvalue weighted by molar-refractivity contribution is 8.08. The lowest BCUT2D eigenvalue weighted by atomic mass is 10.1. The molecule has 0 aromatic heterocycles. The number of alkyl halides is 1. The van der Waals surface area contributed by atoms with Crippen molar-refractivity contribution in [3.8, 4) is 0 Å². The normalized spacial score (nSPS) is 19.7. The Morgan fingerprint density at radius 3 is 1.62 bits per heavy atom. The molecule has 1 unspecified atom stereocenters. The minimum atomic E-state index is -2.69. The Morgan fingerprint density at radius 2 is 1.24 bits per heavy atom. The van der Waals surface area contributed by atoms with Crippen molar-refractivity contribution in [1.29, 1.82) is 0 Å². The molecule has 0 aromatic rings. The lowest BCUT2D eigenvalue weighted by molar-refractivity contribution is 0.305. The van der Waals surface area contributed by atoms with Gasteiger partial charge in [0, 0.05) is 47.4 Å². The van der Waals surface area contributed by atoms with Crippen LogP contribution in [0.3, 0.4) is 0 Å². The lowest BCUT2D eigenvalue weighted by Gasteiger charge is -2.43. The maximum Gasteiger partial charge on any atom is 0.250 e. The summed E-state index contributed by atoms with van der Waals surface area (Å²) in [7, 11) is -4.08. The van der Waals surface area contributed by atoms with Gasteiger partial charge in [-0.1, -0.05) is 97.7 Å². The van der Waals surface area contributed by atoms with Gasteiger partial charge >= 0.3 is 0 Å². The van der Waals surface area contributed by atoms with Crippen LogP contribution in [0.25, 0.3) is 0 Å². The Morgan fingerprint density at radius 1 is 0.824 bits per heavy atom. The van der Waals surface area contributed by atoms with Crippen LogP contribution in [-0.4, -0.2) is 71.0 Å². The molecule has 0 saturated carbocycles. The van der Waals surface area contributed by atoms with Crippen LogP contribution in [0.5, 0.6) is 0 Å². The summed E-state index contributed by atoms with van der Waals surface area (Å²) in [6, 6.07) is 1.53. The van der Waals surface area contributed by atoms with Gasteiger partial charge < -0.3 is 0 Å². The van der Waals surface area contributed by atoms with Crippen LogP contribution in [0.4, 0.5) is 0 Å². The van der Waals surface area contributed by atoms with E-state index >= 15 is 0 Å². The van der Waals surface area contributed by atoms with Crippen LogP contribution in [0, 0.1) is 0 Å². The molecule has 1 aliphatic heterocycles. The standard InChI is InChI=1S/C11H26Si.C10H25N2OPSi.CH3Cl2OP.CH3Cl/c1-5-6-7-8-9-10-11-12(2,3)4;1-6-11-8-7-9-12(14(11,2)13)10-15(3,4)5;1-5(2,3)4;1-2/h5-11H2,1-4H3;6-10H2,1-5H3;1H3;1H3. The van der Waals surface area contributed by atoms with Crippen molar-refractivity contribution in [2.45, 2.75) is 104 Å². The third-order valence-corrected chi connectivity index (χ3v) is 11.6. The van der Waals surface area contributed by atoms with E-state index in [4.69, 9.17) is 22.5 Å². The molecule has 1 rings (SSSR count). The van der Waals surface area contributed by atoms with Gasteiger partial charge in [0.2, 0.25) is 13.3 Å². The number of hydrogen-bond donors (Lipinski definition) is 0. The van der Waals surface area contributed by atoms with E-state index in [-0.39, 0.29) is 0 Å². The Kier molecular flexibility index (Phi) is 24.4. The molecule has 0 bridgehead atoms. The van der Waals surface area contributed by atoms with Crippen LogP contribution in [0.1, 0.15) is 58.8 Å². The smallest absolute Gasteiger partial charge is 0.250 e. The fourth-order valence-corrected chi connectivity index (χ4v) is 10.4. The lowest BCUT2D eigenvalue weighted by Crippen LogP contribution is -2.45. The fraction of sp³-hybridized carbons (Fsp3) is 1.00. The number of hydrogen-bond acceptors (Lipinski definition) is 2. The van der Waals surface area contributed by atoms with Crippen molar-refractivity contribution in [2.75, 3.05) is 45.5 Å². The minimum absolute atomic E-state index is 0.726. The van der Waals surface area contributed by atoms with Crippen LogP contribution in [-0.2, 0) is 9.13 Å². The molecule has 11 heteroatoms.